The number of halogens is 1. The first kappa shape index (κ1) is 41.9. The summed E-state index contributed by atoms with van der Waals surface area (Å²) in [7, 11) is 0. The van der Waals surface area contributed by atoms with Crippen molar-refractivity contribution >= 4 is 47.0 Å². The lowest BCUT2D eigenvalue weighted by molar-refractivity contribution is -0.145. The van der Waals surface area contributed by atoms with Gasteiger partial charge in [-0.25, -0.2) is 9.97 Å². The van der Waals surface area contributed by atoms with Gasteiger partial charge in [-0.15, -0.1) is 0 Å². The normalized spacial score (nSPS) is 22.8. The van der Waals surface area contributed by atoms with Crippen molar-refractivity contribution in [3.63, 3.8) is 0 Å². The van der Waals surface area contributed by atoms with Crippen LogP contribution in [0, 0.1) is 23.7 Å². The molecule has 0 spiro atoms. The number of aryl methyl sites for hydroxylation is 3. The number of carboxylic acids is 2. The van der Waals surface area contributed by atoms with Crippen LogP contribution in [0.3, 0.4) is 0 Å². The number of aromatic nitrogens is 2. The van der Waals surface area contributed by atoms with Crippen molar-refractivity contribution < 1.29 is 29.4 Å². The molecule has 0 bridgehead atoms. The van der Waals surface area contributed by atoms with Crippen LogP contribution in [0.1, 0.15) is 97.1 Å². The van der Waals surface area contributed by atoms with Crippen molar-refractivity contribution in [3.05, 3.63) is 81.1 Å². The third-order valence-electron chi connectivity index (χ3n) is 13.4. The number of nitrogens with zero attached hydrogens (tertiary/aromatic N) is 4. The molecule has 4 aliphatic heterocycles. The number of pyridine rings is 2. The predicted octanol–water partition coefficient (Wildman–Crippen LogP) is 5.05. The highest BCUT2D eigenvalue weighted by Gasteiger charge is 2.60. The molecule has 3 aromatic rings. The average Bonchev–Trinajstić information content (AvgIpc) is 3.76. The molecule has 6 N–H and O–H groups in total. The molecule has 3 fully saturated rings. The maximum absolute atomic E-state index is 13.1. The first-order valence-electron chi connectivity index (χ1n) is 21.8. The SMILES string of the molecule is CC(CCNC(=O)C1CCN(C(C(=O)O)c2ccc(C(C(=O)O)N3C[C@@H]4C(C(=O)NCCCc5ccc6c(n5)NCCC6)[C@@H]4C3)c(Cl)c2)CC1)c1ccc2c(n1)NCCC2. The minimum absolute atomic E-state index is 0.0143. The number of fused-ring (bicyclic) bond motifs is 3. The molecule has 5 aliphatic rings. The number of nitrogens with one attached hydrogen (secondary N) is 4. The molecule has 2 saturated heterocycles. The van der Waals surface area contributed by atoms with Gasteiger partial charge in [-0.3, -0.25) is 29.0 Å². The van der Waals surface area contributed by atoms with E-state index in [1.165, 1.54) is 11.1 Å². The molecule has 320 valence electrons. The molecule has 8 rings (SSSR count). The summed E-state index contributed by atoms with van der Waals surface area (Å²) in [4.78, 5) is 64.8. The standard InChI is InChI=1S/C45H57ClN8O6/c1-26(36-13-10-28-6-3-18-48-41(28)52-36)14-20-50-42(55)29-15-21-53(22-16-29)38(44(57)58)30-9-12-32(35(46)23-30)39(45(59)60)54-24-33-34(25-54)37(33)43(56)49-19-4-7-31-11-8-27-5-2-17-47-40(27)51-31/h8-13,23,26,29,33-34,37-39H,2-7,14-22,24-25H2,1H3,(H,47,51)(H,48,52)(H,49,56)(H,50,55)(H,57,58)(H,59,60)/t26?,33-,34+,37?,38?,39?. The van der Waals surface area contributed by atoms with E-state index in [9.17, 15) is 29.4 Å². The summed E-state index contributed by atoms with van der Waals surface area (Å²) in [5, 5.41) is 33.9. The van der Waals surface area contributed by atoms with Gasteiger partial charge in [0.25, 0.3) is 0 Å². The summed E-state index contributed by atoms with van der Waals surface area (Å²) < 4.78 is 0. The van der Waals surface area contributed by atoms with Crippen LogP contribution in [0.25, 0.3) is 0 Å². The van der Waals surface area contributed by atoms with E-state index in [1.54, 1.807) is 18.2 Å². The highest BCUT2D eigenvalue weighted by molar-refractivity contribution is 6.31. The fourth-order valence-corrected chi connectivity index (χ4v) is 10.2. The Kier molecular flexibility index (Phi) is 12.9. The Morgan fingerprint density at radius 3 is 2.13 bits per heavy atom. The first-order valence-corrected chi connectivity index (χ1v) is 22.2. The molecule has 60 heavy (non-hydrogen) atoms. The van der Waals surface area contributed by atoms with Gasteiger partial charge in [0.1, 0.15) is 23.7 Å². The second-order valence-corrected chi connectivity index (χ2v) is 17.8. The van der Waals surface area contributed by atoms with E-state index in [4.69, 9.17) is 21.6 Å². The van der Waals surface area contributed by atoms with Crippen LogP contribution >= 0.6 is 11.6 Å². The molecule has 1 saturated carbocycles. The molecule has 2 aromatic heterocycles. The third kappa shape index (κ3) is 9.25. The molecule has 4 unspecified atom stereocenters. The Hall–Kier alpha value is -4.79. The summed E-state index contributed by atoms with van der Waals surface area (Å²) >= 11 is 6.78. The minimum Gasteiger partial charge on any atom is -0.480 e. The molecular formula is C45H57ClN8O6. The Morgan fingerprint density at radius 2 is 1.47 bits per heavy atom. The van der Waals surface area contributed by atoms with Gasteiger partial charge in [0, 0.05) is 86.5 Å². The highest BCUT2D eigenvalue weighted by Crippen LogP contribution is 2.54. The fraction of sp³-hybridized carbons (Fsp3) is 0.556. The Bertz CT molecular complexity index is 2080. The molecule has 1 aliphatic carbocycles. The van der Waals surface area contributed by atoms with E-state index >= 15 is 0 Å². The summed E-state index contributed by atoms with van der Waals surface area (Å²) in [6, 6.07) is 11.3. The summed E-state index contributed by atoms with van der Waals surface area (Å²) in [5.74, 6) is -0.117. The van der Waals surface area contributed by atoms with E-state index < -0.39 is 24.0 Å². The zero-order valence-corrected chi connectivity index (χ0v) is 35.1. The summed E-state index contributed by atoms with van der Waals surface area (Å²) in [6.07, 6.45) is 7.70. The quantitative estimate of drug-likeness (QED) is 0.106. The van der Waals surface area contributed by atoms with Gasteiger partial charge in [-0.05, 0) is 110 Å². The molecule has 0 radical (unpaired) electrons. The van der Waals surface area contributed by atoms with Gasteiger partial charge in [0.2, 0.25) is 11.8 Å². The smallest absolute Gasteiger partial charge is 0.325 e. The number of carbonyl (C=O) groups is 4. The van der Waals surface area contributed by atoms with E-state index in [2.05, 4.69) is 52.5 Å². The van der Waals surface area contributed by atoms with Gasteiger partial charge < -0.3 is 31.5 Å². The number of carboxylic acid groups (broad SMARTS) is 2. The van der Waals surface area contributed by atoms with E-state index in [0.717, 1.165) is 81.1 Å². The Morgan fingerprint density at radius 1 is 0.817 bits per heavy atom. The van der Waals surface area contributed by atoms with Crippen LogP contribution < -0.4 is 21.3 Å². The monoisotopic (exact) mass is 840 g/mol. The van der Waals surface area contributed by atoms with Crippen LogP contribution in [-0.2, 0) is 38.4 Å². The van der Waals surface area contributed by atoms with Crippen molar-refractivity contribution in [2.24, 2.45) is 23.7 Å². The average molecular weight is 841 g/mol. The van der Waals surface area contributed by atoms with Gasteiger partial charge in [-0.1, -0.05) is 42.8 Å². The van der Waals surface area contributed by atoms with Gasteiger partial charge in [0.05, 0.1) is 0 Å². The highest BCUT2D eigenvalue weighted by atomic mass is 35.5. The van der Waals surface area contributed by atoms with E-state index in [-0.39, 0.29) is 46.4 Å². The van der Waals surface area contributed by atoms with E-state index in [0.29, 0.717) is 63.2 Å². The Balaban J connectivity index is 0.793. The second kappa shape index (κ2) is 18.4. The molecule has 2 amide bonds. The van der Waals surface area contributed by atoms with Crippen molar-refractivity contribution in [3.8, 4) is 0 Å². The summed E-state index contributed by atoms with van der Waals surface area (Å²) in [5.41, 5.74) is 5.39. The van der Waals surface area contributed by atoms with Crippen LogP contribution in [0.15, 0.2) is 42.5 Å². The number of hydrogen-bond acceptors (Lipinski definition) is 10. The van der Waals surface area contributed by atoms with Crippen LogP contribution in [0.5, 0.6) is 0 Å². The van der Waals surface area contributed by atoms with Gasteiger partial charge in [-0.2, -0.15) is 0 Å². The summed E-state index contributed by atoms with van der Waals surface area (Å²) in [6.45, 7) is 6.87. The van der Waals surface area contributed by atoms with Crippen LogP contribution in [0.4, 0.5) is 11.6 Å². The van der Waals surface area contributed by atoms with Crippen molar-refractivity contribution in [1.29, 1.82) is 0 Å². The third-order valence-corrected chi connectivity index (χ3v) is 13.7. The number of amides is 2. The number of carbonyl (C=O) groups excluding carboxylic acids is 2. The number of benzene rings is 1. The molecule has 15 heteroatoms. The minimum atomic E-state index is -1.05. The maximum Gasteiger partial charge on any atom is 0.325 e. The molecule has 1 aromatic carbocycles. The van der Waals surface area contributed by atoms with Crippen molar-refractivity contribution in [2.75, 3.05) is 63.0 Å². The number of hydrogen-bond donors (Lipinski definition) is 6. The fourth-order valence-electron chi connectivity index (χ4n) is 9.94. The van der Waals surface area contributed by atoms with Gasteiger partial charge >= 0.3 is 11.9 Å². The van der Waals surface area contributed by atoms with Crippen molar-refractivity contribution in [1.82, 2.24) is 30.4 Å². The zero-order chi connectivity index (χ0) is 41.9. The van der Waals surface area contributed by atoms with E-state index in [1.807, 2.05) is 9.80 Å². The molecular weight excluding hydrogens is 784 g/mol. The molecule has 6 heterocycles. The van der Waals surface area contributed by atoms with Crippen LogP contribution in [-0.4, -0.2) is 106 Å². The number of rotatable bonds is 16. The number of anilines is 2. The lowest BCUT2D eigenvalue weighted by atomic mass is 9.92. The molecule has 14 nitrogen and oxygen atoms in total. The maximum atomic E-state index is 13.1. The first-order chi connectivity index (χ1) is 29.0. The van der Waals surface area contributed by atoms with Crippen LogP contribution in [0.2, 0.25) is 5.02 Å². The topological polar surface area (TPSA) is 189 Å². The molecule has 6 atom stereocenters. The lowest BCUT2D eigenvalue weighted by Crippen LogP contribution is -2.44. The largest absolute Gasteiger partial charge is 0.480 e. The second-order valence-electron chi connectivity index (χ2n) is 17.4. The zero-order valence-electron chi connectivity index (χ0n) is 34.3. The predicted molar refractivity (Wildman–Crippen MR) is 228 cm³/mol. The number of aliphatic carboxylic acids is 2. The Labute approximate surface area is 356 Å². The van der Waals surface area contributed by atoms with Crippen molar-refractivity contribution in [2.45, 2.75) is 82.7 Å². The van der Waals surface area contributed by atoms with Gasteiger partial charge in [0.15, 0.2) is 0 Å². The lowest BCUT2D eigenvalue weighted by Gasteiger charge is -2.35. The number of likely N-dealkylation sites (tertiary alicyclic amines) is 2. The number of piperidine rings is 2.